The highest BCUT2D eigenvalue weighted by atomic mass is 16.6. The van der Waals surface area contributed by atoms with E-state index in [9.17, 15) is 20.1 Å². The molecule has 0 bridgehead atoms. The first-order chi connectivity index (χ1) is 8.53. The Balaban J connectivity index is 2.13. The van der Waals surface area contributed by atoms with Crippen LogP contribution in [0.3, 0.4) is 0 Å². The third kappa shape index (κ3) is 1.38. The fourth-order valence-electron chi connectivity index (χ4n) is 2.67. The molecule has 1 aliphatic carbocycles. The molecule has 3 rings (SSSR count). The van der Waals surface area contributed by atoms with E-state index in [4.69, 9.17) is 4.74 Å². The van der Waals surface area contributed by atoms with Gasteiger partial charge in [-0.15, -0.1) is 0 Å². The summed E-state index contributed by atoms with van der Waals surface area (Å²) in [4.78, 5) is 11.2. The van der Waals surface area contributed by atoms with Crippen molar-refractivity contribution in [3.63, 3.8) is 0 Å². The average molecular weight is 248 g/mol. The van der Waals surface area contributed by atoms with Gasteiger partial charge in [0.2, 0.25) is 0 Å². The van der Waals surface area contributed by atoms with Crippen LogP contribution in [-0.2, 0) is 9.53 Å². The van der Waals surface area contributed by atoms with E-state index >= 15 is 0 Å². The van der Waals surface area contributed by atoms with E-state index in [1.54, 1.807) is 12.1 Å². The number of aliphatic hydroxyl groups excluding tert-OH is 2. The van der Waals surface area contributed by atoms with Gasteiger partial charge in [-0.25, -0.2) is 4.79 Å². The van der Waals surface area contributed by atoms with Gasteiger partial charge in [-0.2, -0.15) is 0 Å². The summed E-state index contributed by atoms with van der Waals surface area (Å²) < 4.78 is 5.13. The molecule has 3 N–H and O–H groups in total. The zero-order valence-electron chi connectivity index (χ0n) is 9.41. The molecule has 1 aromatic carbocycles. The Bertz CT molecular complexity index is 550. The Hall–Kier alpha value is -1.85. The van der Waals surface area contributed by atoms with Gasteiger partial charge in [0.1, 0.15) is 11.9 Å². The Morgan fingerprint density at radius 3 is 2.78 bits per heavy atom. The van der Waals surface area contributed by atoms with Gasteiger partial charge in [-0.1, -0.05) is 12.1 Å². The Morgan fingerprint density at radius 2 is 2.11 bits per heavy atom. The van der Waals surface area contributed by atoms with Gasteiger partial charge in [0, 0.05) is 18.1 Å². The van der Waals surface area contributed by atoms with E-state index in [2.05, 4.69) is 0 Å². The molecule has 0 fully saturated rings. The summed E-state index contributed by atoms with van der Waals surface area (Å²) in [6.07, 6.45) is 0.659. The molecule has 1 aliphatic heterocycles. The number of esters is 1. The van der Waals surface area contributed by atoms with Crippen molar-refractivity contribution in [2.24, 2.45) is 0 Å². The largest absolute Gasteiger partial charge is 0.508 e. The first-order valence-corrected chi connectivity index (χ1v) is 5.63. The number of hydrogen-bond donors (Lipinski definition) is 3. The van der Waals surface area contributed by atoms with Crippen LogP contribution in [0, 0.1) is 0 Å². The second kappa shape index (κ2) is 3.57. The van der Waals surface area contributed by atoms with Crippen LogP contribution in [0.25, 0.3) is 0 Å². The number of ether oxygens (including phenoxy) is 1. The number of aliphatic hydroxyl groups is 2. The van der Waals surface area contributed by atoms with Gasteiger partial charge >= 0.3 is 5.97 Å². The predicted molar refractivity (Wildman–Crippen MR) is 60.6 cm³/mol. The van der Waals surface area contributed by atoms with Gasteiger partial charge < -0.3 is 20.1 Å². The highest BCUT2D eigenvalue weighted by Crippen LogP contribution is 2.49. The Morgan fingerprint density at radius 1 is 1.33 bits per heavy atom. The lowest BCUT2D eigenvalue weighted by molar-refractivity contribution is -0.161. The van der Waals surface area contributed by atoms with Gasteiger partial charge in [0.05, 0.1) is 6.10 Å². The van der Waals surface area contributed by atoms with Crippen molar-refractivity contribution in [1.29, 1.82) is 0 Å². The molecule has 18 heavy (non-hydrogen) atoms. The summed E-state index contributed by atoms with van der Waals surface area (Å²) in [6.45, 7) is 0. The summed E-state index contributed by atoms with van der Waals surface area (Å²) in [5.41, 5.74) is -0.544. The summed E-state index contributed by atoms with van der Waals surface area (Å²) in [5, 5.41) is 30.1. The number of fused-ring (bicyclic) bond motifs is 1. The summed E-state index contributed by atoms with van der Waals surface area (Å²) in [7, 11) is 0. The molecule has 0 amide bonds. The average Bonchev–Trinajstić information content (AvgIpc) is 2.68. The topological polar surface area (TPSA) is 87.0 Å². The maximum Gasteiger partial charge on any atom is 0.331 e. The van der Waals surface area contributed by atoms with Crippen molar-refractivity contribution in [3.05, 3.63) is 41.5 Å². The van der Waals surface area contributed by atoms with Crippen LogP contribution in [0.15, 0.2) is 30.4 Å². The Labute approximate surface area is 103 Å². The number of phenolic OH excluding ortho intramolecular Hbond substituents is 1. The zero-order valence-corrected chi connectivity index (χ0v) is 9.41. The van der Waals surface area contributed by atoms with Crippen LogP contribution >= 0.6 is 0 Å². The van der Waals surface area contributed by atoms with Crippen molar-refractivity contribution in [3.8, 4) is 5.75 Å². The Kier molecular flexibility index (Phi) is 2.23. The molecule has 5 heteroatoms. The maximum absolute atomic E-state index is 11.2. The predicted octanol–water partition coefficient (Wildman–Crippen LogP) is 0.714. The third-order valence-corrected chi connectivity index (χ3v) is 3.51. The van der Waals surface area contributed by atoms with Crippen molar-refractivity contribution in [1.82, 2.24) is 0 Å². The standard InChI is InChI=1S/C13H12O5/c14-8-3-1-2-7-11(8)9(15)6-13(12(7)17)5-4-10(16)18-13/h1-5,9,12,14-15,17H,6H2/t9-,12+,13+/m0/s1. The minimum atomic E-state index is -1.22. The second-order valence-corrected chi connectivity index (χ2v) is 4.61. The number of rotatable bonds is 0. The summed E-state index contributed by atoms with van der Waals surface area (Å²) in [5.74, 6) is -0.605. The molecule has 5 nitrogen and oxygen atoms in total. The van der Waals surface area contributed by atoms with Crippen LogP contribution in [-0.4, -0.2) is 26.9 Å². The van der Waals surface area contributed by atoms with Crippen LogP contribution in [0.5, 0.6) is 5.75 Å². The first-order valence-electron chi connectivity index (χ1n) is 5.63. The molecule has 0 saturated carbocycles. The van der Waals surface area contributed by atoms with Gasteiger partial charge in [-0.05, 0) is 17.7 Å². The smallest absolute Gasteiger partial charge is 0.331 e. The van der Waals surface area contributed by atoms with Gasteiger partial charge in [0.15, 0.2) is 5.60 Å². The SMILES string of the molecule is O=C1C=C[C@]2(C[C@H](O)c3c(O)cccc3[C@H]2O)O1. The highest BCUT2D eigenvalue weighted by molar-refractivity contribution is 5.85. The molecule has 1 heterocycles. The van der Waals surface area contributed by atoms with Crippen LogP contribution in [0.1, 0.15) is 29.8 Å². The lowest BCUT2D eigenvalue weighted by Crippen LogP contribution is -2.41. The van der Waals surface area contributed by atoms with Crippen LogP contribution < -0.4 is 0 Å². The molecule has 0 unspecified atom stereocenters. The quantitative estimate of drug-likeness (QED) is 0.589. The summed E-state index contributed by atoms with van der Waals surface area (Å²) >= 11 is 0. The molecule has 1 spiro atoms. The van der Waals surface area contributed by atoms with E-state index < -0.39 is 23.8 Å². The molecular formula is C13H12O5. The molecule has 94 valence electrons. The zero-order chi connectivity index (χ0) is 12.9. The number of hydrogen-bond acceptors (Lipinski definition) is 5. The van der Waals surface area contributed by atoms with E-state index in [-0.39, 0.29) is 12.2 Å². The lowest BCUT2D eigenvalue weighted by Gasteiger charge is -2.39. The second-order valence-electron chi connectivity index (χ2n) is 4.61. The molecule has 0 saturated heterocycles. The van der Waals surface area contributed by atoms with E-state index in [1.807, 2.05) is 0 Å². The summed E-state index contributed by atoms with van der Waals surface area (Å²) in [6, 6.07) is 4.62. The van der Waals surface area contributed by atoms with E-state index in [0.717, 1.165) is 0 Å². The number of carbonyl (C=O) groups is 1. The monoisotopic (exact) mass is 248 g/mol. The number of benzene rings is 1. The molecule has 2 aliphatic rings. The number of phenols is 1. The van der Waals surface area contributed by atoms with Crippen molar-refractivity contribution in [2.75, 3.05) is 0 Å². The van der Waals surface area contributed by atoms with Gasteiger partial charge in [-0.3, -0.25) is 0 Å². The normalized spacial score (nSPS) is 33.6. The number of aromatic hydroxyl groups is 1. The van der Waals surface area contributed by atoms with Crippen molar-refractivity contribution < 1.29 is 24.9 Å². The fraction of sp³-hybridized carbons (Fsp3) is 0.308. The minimum absolute atomic E-state index is 0.0288. The van der Waals surface area contributed by atoms with Crippen molar-refractivity contribution in [2.45, 2.75) is 24.2 Å². The lowest BCUT2D eigenvalue weighted by atomic mass is 9.76. The third-order valence-electron chi connectivity index (χ3n) is 3.51. The maximum atomic E-state index is 11.2. The minimum Gasteiger partial charge on any atom is -0.508 e. The molecule has 3 atom stereocenters. The molecule has 1 aromatic rings. The van der Waals surface area contributed by atoms with E-state index in [0.29, 0.717) is 11.1 Å². The first kappa shape index (κ1) is 11.3. The van der Waals surface area contributed by atoms with Gasteiger partial charge in [0.25, 0.3) is 0 Å². The fourth-order valence-corrected chi connectivity index (χ4v) is 2.67. The molecule has 0 aromatic heterocycles. The highest BCUT2D eigenvalue weighted by Gasteiger charge is 2.50. The van der Waals surface area contributed by atoms with Crippen LogP contribution in [0.2, 0.25) is 0 Å². The van der Waals surface area contributed by atoms with E-state index in [1.165, 1.54) is 18.2 Å². The molecular weight excluding hydrogens is 236 g/mol. The van der Waals surface area contributed by atoms with Crippen LogP contribution in [0.4, 0.5) is 0 Å². The number of carbonyl (C=O) groups excluding carboxylic acids is 1. The molecule has 0 radical (unpaired) electrons. The van der Waals surface area contributed by atoms with Crippen molar-refractivity contribution >= 4 is 5.97 Å².